The molecule has 2 aromatic carbocycles. The summed E-state index contributed by atoms with van der Waals surface area (Å²) in [4.78, 5) is 0. The highest BCUT2D eigenvalue weighted by Gasteiger charge is 2.21. The van der Waals surface area contributed by atoms with E-state index < -0.39 is 0 Å². The van der Waals surface area contributed by atoms with Crippen molar-refractivity contribution in [3.8, 4) is 11.1 Å². The van der Waals surface area contributed by atoms with Gasteiger partial charge >= 0.3 is 0 Å². The van der Waals surface area contributed by atoms with E-state index in [1.165, 1.54) is 27.8 Å². The van der Waals surface area contributed by atoms with Crippen LogP contribution in [-0.2, 0) is 12.8 Å². The predicted molar refractivity (Wildman–Crippen MR) is 84.5 cm³/mol. The molecule has 2 nitrogen and oxygen atoms in total. The first-order valence-electron chi connectivity index (χ1n) is 6.50. The molecule has 3 N–H and O–H groups in total. The molecule has 0 saturated carbocycles. The molecule has 19 heavy (non-hydrogen) atoms. The van der Waals surface area contributed by atoms with E-state index in [1.54, 1.807) is 0 Å². The number of nitrogens with one attached hydrogen (secondary N) is 1. The Morgan fingerprint density at radius 3 is 2.74 bits per heavy atom. The van der Waals surface area contributed by atoms with Gasteiger partial charge in [0.15, 0.2) is 5.11 Å². The van der Waals surface area contributed by atoms with Crippen molar-refractivity contribution in [2.75, 3.05) is 5.32 Å². The van der Waals surface area contributed by atoms with Crippen molar-refractivity contribution in [1.82, 2.24) is 0 Å². The number of thiocarbonyl (C=S) groups is 1. The van der Waals surface area contributed by atoms with Crippen LogP contribution < -0.4 is 11.1 Å². The SMILES string of the molecule is CCc1c(NC(N)=S)ccc2c1Cc1ccccc1-2. The van der Waals surface area contributed by atoms with Crippen molar-refractivity contribution >= 4 is 23.0 Å². The molecule has 0 aliphatic heterocycles. The van der Waals surface area contributed by atoms with Gasteiger partial charge in [-0.25, -0.2) is 0 Å². The summed E-state index contributed by atoms with van der Waals surface area (Å²) in [5.41, 5.74) is 13.5. The van der Waals surface area contributed by atoms with Crippen molar-refractivity contribution in [2.45, 2.75) is 19.8 Å². The highest BCUT2D eigenvalue weighted by Crippen LogP contribution is 2.40. The largest absolute Gasteiger partial charge is 0.376 e. The molecule has 2 aromatic rings. The van der Waals surface area contributed by atoms with E-state index in [1.807, 2.05) is 0 Å². The van der Waals surface area contributed by atoms with E-state index in [9.17, 15) is 0 Å². The lowest BCUT2D eigenvalue weighted by Crippen LogP contribution is -2.20. The van der Waals surface area contributed by atoms with Crippen LogP contribution in [0.1, 0.15) is 23.6 Å². The Hall–Kier alpha value is -1.87. The van der Waals surface area contributed by atoms with Crippen LogP contribution in [0, 0.1) is 0 Å². The predicted octanol–water partition coefficient (Wildman–Crippen LogP) is 3.48. The molecule has 96 valence electrons. The third kappa shape index (κ3) is 2.00. The summed E-state index contributed by atoms with van der Waals surface area (Å²) in [6, 6.07) is 12.8. The summed E-state index contributed by atoms with van der Waals surface area (Å²) >= 11 is 4.95. The standard InChI is InChI=1S/C16H16N2S/c1-2-11-14-9-10-5-3-4-6-12(10)13(14)7-8-15(11)18-16(17)19/h3-8H,2,9H2,1H3,(H3,17,18,19). The Morgan fingerprint density at radius 2 is 2.00 bits per heavy atom. The fourth-order valence-corrected chi connectivity index (χ4v) is 3.04. The van der Waals surface area contributed by atoms with Gasteiger partial charge < -0.3 is 11.1 Å². The van der Waals surface area contributed by atoms with Crippen LogP contribution in [0.3, 0.4) is 0 Å². The Labute approximate surface area is 118 Å². The van der Waals surface area contributed by atoms with Gasteiger partial charge in [0.2, 0.25) is 0 Å². The molecule has 3 rings (SSSR count). The summed E-state index contributed by atoms with van der Waals surface area (Å²) in [6.45, 7) is 2.17. The van der Waals surface area contributed by atoms with Crippen molar-refractivity contribution in [2.24, 2.45) is 5.73 Å². The number of benzene rings is 2. The van der Waals surface area contributed by atoms with Gasteiger partial charge in [-0.15, -0.1) is 0 Å². The topological polar surface area (TPSA) is 38.0 Å². The maximum absolute atomic E-state index is 5.60. The Kier molecular flexibility index (Phi) is 2.99. The van der Waals surface area contributed by atoms with Crippen LogP contribution in [0.4, 0.5) is 5.69 Å². The van der Waals surface area contributed by atoms with Gasteiger partial charge in [0.1, 0.15) is 0 Å². The Balaban J connectivity index is 2.15. The molecule has 0 atom stereocenters. The van der Waals surface area contributed by atoms with Crippen LogP contribution in [0.15, 0.2) is 36.4 Å². The monoisotopic (exact) mass is 268 g/mol. The van der Waals surface area contributed by atoms with Gasteiger partial charge in [-0.1, -0.05) is 37.3 Å². The third-order valence-corrected chi connectivity index (χ3v) is 3.82. The average molecular weight is 268 g/mol. The van der Waals surface area contributed by atoms with Gasteiger partial charge in [-0.05, 0) is 58.9 Å². The number of anilines is 1. The summed E-state index contributed by atoms with van der Waals surface area (Å²) in [7, 11) is 0. The van der Waals surface area contributed by atoms with E-state index in [0.717, 1.165) is 18.5 Å². The molecule has 0 radical (unpaired) electrons. The van der Waals surface area contributed by atoms with Crippen LogP contribution >= 0.6 is 12.2 Å². The van der Waals surface area contributed by atoms with E-state index >= 15 is 0 Å². The molecular formula is C16H16N2S. The third-order valence-electron chi connectivity index (χ3n) is 3.72. The molecule has 0 saturated heterocycles. The first kappa shape index (κ1) is 12.2. The second-order valence-corrected chi connectivity index (χ2v) is 5.23. The molecule has 0 fully saturated rings. The zero-order valence-corrected chi connectivity index (χ0v) is 11.7. The fourth-order valence-electron chi connectivity index (χ4n) is 2.93. The van der Waals surface area contributed by atoms with Crippen LogP contribution in [-0.4, -0.2) is 5.11 Å². The van der Waals surface area contributed by atoms with Crippen molar-refractivity contribution in [3.05, 3.63) is 53.1 Å². The molecule has 0 spiro atoms. The van der Waals surface area contributed by atoms with Crippen molar-refractivity contribution < 1.29 is 0 Å². The highest BCUT2D eigenvalue weighted by molar-refractivity contribution is 7.80. The van der Waals surface area contributed by atoms with Crippen LogP contribution in [0.2, 0.25) is 0 Å². The van der Waals surface area contributed by atoms with Gasteiger partial charge in [0.25, 0.3) is 0 Å². The molecule has 1 aliphatic rings. The van der Waals surface area contributed by atoms with E-state index in [-0.39, 0.29) is 0 Å². The Bertz CT molecular complexity index is 662. The summed E-state index contributed by atoms with van der Waals surface area (Å²) in [5.74, 6) is 0. The van der Waals surface area contributed by atoms with Crippen LogP contribution in [0.25, 0.3) is 11.1 Å². The van der Waals surface area contributed by atoms with Crippen molar-refractivity contribution in [1.29, 1.82) is 0 Å². The molecule has 0 heterocycles. The van der Waals surface area contributed by atoms with Gasteiger partial charge in [0.05, 0.1) is 0 Å². The minimum absolute atomic E-state index is 0.324. The van der Waals surface area contributed by atoms with E-state index in [4.69, 9.17) is 18.0 Å². The minimum Gasteiger partial charge on any atom is -0.376 e. The van der Waals surface area contributed by atoms with E-state index in [2.05, 4.69) is 48.6 Å². The molecule has 1 aliphatic carbocycles. The first-order valence-corrected chi connectivity index (χ1v) is 6.91. The molecule has 0 amide bonds. The maximum atomic E-state index is 5.60. The minimum atomic E-state index is 0.324. The first-order chi connectivity index (χ1) is 9.20. The number of nitrogens with two attached hydrogens (primary N) is 1. The zero-order chi connectivity index (χ0) is 13.4. The van der Waals surface area contributed by atoms with Crippen molar-refractivity contribution in [3.63, 3.8) is 0 Å². The lowest BCUT2D eigenvalue weighted by Gasteiger charge is -2.14. The molecule has 3 heteroatoms. The zero-order valence-electron chi connectivity index (χ0n) is 10.9. The number of hydrogen-bond acceptors (Lipinski definition) is 1. The number of hydrogen-bond donors (Lipinski definition) is 2. The van der Waals surface area contributed by atoms with Gasteiger partial charge in [0, 0.05) is 5.69 Å². The number of rotatable bonds is 2. The molecule has 0 unspecified atom stereocenters. The van der Waals surface area contributed by atoms with Gasteiger partial charge in [-0.3, -0.25) is 0 Å². The van der Waals surface area contributed by atoms with E-state index in [0.29, 0.717) is 5.11 Å². The van der Waals surface area contributed by atoms with Crippen LogP contribution in [0.5, 0.6) is 0 Å². The van der Waals surface area contributed by atoms with Gasteiger partial charge in [-0.2, -0.15) is 0 Å². The molecule has 0 bridgehead atoms. The normalized spacial score (nSPS) is 11.8. The summed E-state index contributed by atoms with van der Waals surface area (Å²) < 4.78 is 0. The smallest absolute Gasteiger partial charge is 0.168 e. The second-order valence-electron chi connectivity index (χ2n) is 4.79. The fraction of sp³-hybridized carbons (Fsp3) is 0.188. The lowest BCUT2D eigenvalue weighted by atomic mass is 9.97. The second kappa shape index (κ2) is 4.67. The average Bonchev–Trinajstić information content (AvgIpc) is 2.76. The lowest BCUT2D eigenvalue weighted by molar-refractivity contribution is 1.09. The molecular weight excluding hydrogens is 252 g/mol. The highest BCUT2D eigenvalue weighted by atomic mass is 32.1. The summed E-state index contributed by atoms with van der Waals surface area (Å²) in [5, 5.41) is 3.41. The maximum Gasteiger partial charge on any atom is 0.168 e. The summed E-state index contributed by atoms with van der Waals surface area (Å²) in [6.07, 6.45) is 1.98. The molecule has 0 aromatic heterocycles. The Morgan fingerprint density at radius 1 is 1.21 bits per heavy atom. The quantitative estimate of drug-likeness (QED) is 0.699. The number of fused-ring (bicyclic) bond motifs is 3.